The summed E-state index contributed by atoms with van der Waals surface area (Å²) >= 11 is 0. The molecule has 188 valence electrons. The zero-order valence-electron chi connectivity index (χ0n) is 18.2. The van der Waals surface area contributed by atoms with Gasteiger partial charge in [-0.1, -0.05) is 12.1 Å². The molecule has 0 fully saturated rings. The Bertz CT molecular complexity index is 890. The van der Waals surface area contributed by atoms with E-state index < -0.39 is 73.0 Å². The summed E-state index contributed by atoms with van der Waals surface area (Å²) in [5.74, 6) is -5.99. The van der Waals surface area contributed by atoms with E-state index in [1.807, 2.05) is 5.32 Å². The summed E-state index contributed by atoms with van der Waals surface area (Å²) in [4.78, 5) is 59.5. The highest BCUT2D eigenvalue weighted by molar-refractivity contribution is 5.95. The summed E-state index contributed by atoms with van der Waals surface area (Å²) in [7, 11) is 0. The van der Waals surface area contributed by atoms with Gasteiger partial charge < -0.3 is 47.2 Å². The molecule has 0 aliphatic carbocycles. The van der Waals surface area contributed by atoms with Gasteiger partial charge in [0.15, 0.2) is 0 Å². The van der Waals surface area contributed by atoms with Crippen molar-refractivity contribution in [3.05, 3.63) is 29.8 Å². The number of carboxylic acid groups (broad SMARTS) is 2. The third kappa shape index (κ3) is 9.01. The molecule has 34 heavy (non-hydrogen) atoms. The van der Waals surface area contributed by atoms with E-state index in [1.54, 1.807) is 0 Å². The molecule has 10 N–H and O–H groups in total. The third-order valence-corrected chi connectivity index (χ3v) is 4.60. The quantitative estimate of drug-likeness (QED) is 0.134. The summed E-state index contributed by atoms with van der Waals surface area (Å²) in [6.07, 6.45) is -2.38. The number of carbonyl (C=O) groups excluding carboxylic acids is 3. The number of phenolic OH excluding ortho intramolecular Hbond substituents is 1. The molecule has 0 spiro atoms. The molecule has 0 aliphatic heterocycles. The lowest BCUT2D eigenvalue weighted by molar-refractivity contribution is -0.144. The number of aromatic hydroxyl groups is 1. The van der Waals surface area contributed by atoms with Gasteiger partial charge in [-0.3, -0.25) is 19.2 Å². The summed E-state index contributed by atoms with van der Waals surface area (Å²) in [6, 6.07) is -0.652. The SMILES string of the molecule is CC(O)C(NC(=O)C(Cc1ccc(O)cc1)NC(=O)C(N)CC(=O)O)C(=O)NC(CO)C(=O)O. The van der Waals surface area contributed by atoms with Gasteiger partial charge in [0, 0.05) is 6.42 Å². The molecule has 5 atom stereocenters. The fourth-order valence-corrected chi connectivity index (χ4v) is 2.74. The van der Waals surface area contributed by atoms with E-state index in [1.165, 1.54) is 24.3 Å². The van der Waals surface area contributed by atoms with Gasteiger partial charge in [0.1, 0.15) is 23.9 Å². The summed E-state index contributed by atoms with van der Waals surface area (Å²) < 4.78 is 0. The number of phenols is 1. The van der Waals surface area contributed by atoms with Crippen LogP contribution in [0.4, 0.5) is 0 Å². The van der Waals surface area contributed by atoms with Gasteiger partial charge in [0.05, 0.1) is 25.2 Å². The highest BCUT2D eigenvalue weighted by atomic mass is 16.4. The Morgan fingerprint density at radius 3 is 1.94 bits per heavy atom. The van der Waals surface area contributed by atoms with Crippen LogP contribution in [0.5, 0.6) is 5.75 Å². The van der Waals surface area contributed by atoms with Crippen molar-refractivity contribution >= 4 is 29.7 Å². The van der Waals surface area contributed by atoms with Crippen LogP contribution < -0.4 is 21.7 Å². The van der Waals surface area contributed by atoms with Crippen LogP contribution in [0.25, 0.3) is 0 Å². The molecule has 0 aliphatic rings. The van der Waals surface area contributed by atoms with Gasteiger partial charge in [-0.15, -0.1) is 0 Å². The number of aliphatic hydroxyl groups is 2. The Kier molecular flexibility index (Phi) is 10.9. The predicted octanol–water partition coefficient (Wildman–Crippen LogP) is -3.35. The molecule has 14 nitrogen and oxygen atoms in total. The maximum atomic E-state index is 12.9. The number of carboxylic acids is 2. The van der Waals surface area contributed by atoms with Crippen molar-refractivity contribution in [1.82, 2.24) is 16.0 Å². The van der Waals surface area contributed by atoms with E-state index in [4.69, 9.17) is 21.1 Å². The second-order valence-corrected chi connectivity index (χ2v) is 7.44. The molecule has 3 amide bonds. The highest BCUT2D eigenvalue weighted by Gasteiger charge is 2.33. The number of nitrogens with two attached hydrogens (primary N) is 1. The molecule has 1 aromatic carbocycles. The summed E-state index contributed by atoms with van der Waals surface area (Å²) in [5, 5.41) is 52.7. The number of aliphatic hydroxyl groups excluding tert-OH is 2. The normalized spacial score (nSPS) is 15.2. The number of benzene rings is 1. The zero-order valence-corrected chi connectivity index (χ0v) is 18.2. The monoisotopic (exact) mass is 484 g/mol. The highest BCUT2D eigenvalue weighted by Crippen LogP contribution is 2.12. The molecule has 1 rings (SSSR count). The smallest absolute Gasteiger partial charge is 0.328 e. The second-order valence-electron chi connectivity index (χ2n) is 7.44. The van der Waals surface area contributed by atoms with Crippen LogP contribution in [0.1, 0.15) is 18.9 Å². The lowest BCUT2D eigenvalue weighted by atomic mass is 10.0. The van der Waals surface area contributed by atoms with Gasteiger partial charge in [0.25, 0.3) is 0 Å². The Hall–Kier alpha value is -3.75. The second kappa shape index (κ2) is 13.1. The van der Waals surface area contributed by atoms with Crippen molar-refractivity contribution in [2.75, 3.05) is 6.61 Å². The average Bonchev–Trinajstić information content (AvgIpc) is 2.75. The third-order valence-electron chi connectivity index (χ3n) is 4.60. The Morgan fingerprint density at radius 1 is 0.912 bits per heavy atom. The van der Waals surface area contributed by atoms with Crippen LogP contribution in [0.3, 0.4) is 0 Å². The number of nitrogens with one attached hydrogen (secondary N) is 3. The minimum atomic E-state index is -1.69. The molecule has 0 saturated heterocycles. The predicted molar refractivity (Wildman–Crippen MR) is 114 cm³/mol. The first-order valence-corrected chi connectivity index (χ1v) is 10.0. The first kappa shape index (κ1) is 28.3. The van der Waals surface area contributed by atoms with Crippen molar-refractivity contribution < 1.29 is 49.5 Å². The summed E-state index contributed by atoms with van der Waals surface area (Å²) in [5.41, 5.74) is 6.00. The molecule has 0 radical (unpaired) electrons. The first-order chi connectivity index (χ1) is 15.8. The van der Waals surface area contributed by atoms with E-state index in [0.29, 0.717) is 5.56 Å². The van der Waals surface area contributed by atoms with Crippen molar-refractivity contribution in [2.45, 2.75) is 50.0 Å². The Morgan fingerprint density at radius 2 is 1.47 bits per heavy atom. The van der Waals surface area contributed by atoms with Gasteiger partial charge in [0.2, 0.25) is 17.7 Å². The van der Waals surface area contributed by atoms with Crippen LogP contribution in [0.2, 0.25) is 0 Å². The molecule has 5 unspecified atom stereocenters. The number of carbonyl (C=O) groups is 5. The fraction of sp³-hybridized carbons (Fsp3) is 0.450. The van der Waals surface area contributed by atoms with E-state index in [0.717, 1.165) is 6.92 Å². The van der Waals surface area contributed by atoms with Crippen LogP contribution in [0.15, 0.2) is 24.3 Å². The molecule has 14 heteroatoms. The van der Waals surface area contributed by atoms with Crippen LogP contribution >= 0.6 is 0 Å². The number of hydrogen-bond acceptors (Lipinski definition) is 9. The largest absolute Gasteiger partial charge is 0.508 e. The van der Waals surface area contributed by atoms with Gasteiger partial charge in [-0.05, 0) is 24.6 Å². The van der Waals surface area contributed by atoms with Gasteiger partial charge >= 0.3 is 11.9 Å². The maximum absolute atomic E-state index is 12.9. The minimum Gasteiger partial charge on any atom is -0.508 e. The maximum Gasteiger partial charge on any atom is 0.328 e. The van der Waals surface area contributed by atoms with Crippen molar-refractivity contribution in [3.63, 3.8) is 0 Å². The van der Waals surface area contributed by atoms with Crippen molar-refractivity contribution in [2.24, 2.45) is 5.73 Å². The molecule has 0 saturated carbocycles. The number of aliphatic carboxylic acids is 2. The molecule has 0 aromatic heterocycles. The Balaban J connectivity index is 3.09. The Labute approximate surface area is 193 Å². The van der Waals surface area contributed by atoms with Gasteiger partial charge in [-0.2, -0.15) is 0 Å². The van der Waals surface area contributed by atoms with Crippen LogP contribution in [-0.2, 0) is 30.4 Å². The lowest BCUT2D eigenvalue weighted by Gasteiger charge is -2.26. The average molecular weight is 484 g/mol. The molecule has 1 aromatic rings. The standard InChI is InChI=1S/C20H28N4O10/c1-9(26)16(19(32)23-14(8-25)20(33)34)24-18(31)13(6-10-2-4-11(27)5-3-10)22-17(30)12(21)7-15(28)29/h2-5,9,12-14,16,25-27H,6-8,21H2,1H3,(H,22,30)(H,23,32)(H,24,31)(H,28,29)(H,33,34). The molecular weight excluding hydrogens is 456 g/mol. The minimum absolute atomic E-state index is 0.0556. The van der Waals surface area contributed by atoms with Crippen LogP contribution in [0, 0.1) is 0 Å². The lowest BCUT2D eigenvalue weighted by Crippen LogP contribution is -2.60. The first-order valence-electron chi connectivity index (χ1n) is 10.0. The van der Waals surface area contributed by atoms with Crippen LogP contribution in [-0.4, -0.2) is 92.1 Å². The van der Waals surface area contributed by atoms with E-state index in [-0.39, 0.29) is 12.2 Å². The van der Waals surface area contributed by atoms with E-state index in [2.05, 4.69) is 10.6 Å². The fourth-order valence-electron chi connectivity index (χ4n) is 2.74. The molecule has 0 heterocycles. The van der Waals surface area contributed by atoms with Crippen molar-refractivity contribution in [3.8, 4) is 5.75 Å². The van der Waals surface area contributed by atoms with Gasteiger partial charge in [-0.25, -0.2) is 4.79 Å². The number of amides is 3. The molecular formula is C20H28N4O10. The summed E-state index contributed by atoms with van der Waals surface area (Å²) in [6.45, 7) is 0.206. The number of rotatable bonds is 13. The topological polar surface area (TPSA) is 249 Å². The van der Waals surface area contributed by atoms with E-state index >= 15 is 0 Å². The number of hydrogen-bond donors (Lipinski definition) is 9. The van der Waals surface area contributed by atoms with E-state index in [9.17, 15) is 34.2 Å². The molecule has 0 bridgehead atoms. The van der Waals surface area contributed by atoms with Crippen molar-refractivity contribution in [1.29, 1.82) is 0 Å². The zero-order chi connectivity index (χ0) is 26.0.